The van der Waals surface area contributed by atoms with E-state index in [1.54, 1.807) is 64.1 Å². The highest BCUT2D eigenvalue weighted by molar-refractivity contribution is 6.34. The first-order valence-electron chi connectivity index (χ1n) is 15.2. The number of unbranched alkanes of at least 4 members (excludes halogenated alkanes) is 5. The summed E-state index contributed by atoms with van der Waals surface area (Å²) in [7, 11) is 0. The Morgan fingerprint density at radius 3 is 2.27 bits per heavy atom. The highest BCUT2D eigenvalue weighted by Crippen LogP contribution is 2.33. The lowest BCUT2D eigenvalue weighted by Gasteiger charge is -2.35. The number of aromatic hydroxyl groups is 1. The zero-order valence-electron chi connectivity index (χ0n) is 26.5. The molecular formula is C33H47ClN4O6. The van der Waals surface area contributed by atoms with Crippen LogP contribution in [0.4, 0.5) is 10.5 Å². The van der Waals surface area contributed by atoms with Gasteiger partial charge < -0.3 is 31.1 Å². The predicted octanol–water partition coefficient (Wildman–Crippen LogP) is 6.38. The molecule has 0 bridgehead atoms. The van der Waals surface area contributed by atoms with Gasteiger partial charge in [0.15, 0.2) is 0 Å². The van der Waals surface area contributed by atoms with Crippen LogP contribution in [0.5, 0.6) is 5.75 Å². The van der Waals surface area contributed by atoms with Gasteiger partial charge in [-0.1, -0.05) is 81.0 Å². The second-order valence-corrected chi connectivity index (χ2v) is 12.3. The summed E-state index contributed by atoms with van der Waals surface area (Å²) in [5.74, 6) is -2.06. The van der Waals surface area contributed by atoms with Gasteiger partial charge in [-0.2, -0.15) is 0 Å². The minimum Gasteiger partial charge on any atom is -0.508 e. The minimum absolute atomic E-state index is 0.112. The van der Waals surface area contributed by atoms with Gasteiger partial charge in [-0.3, -0.25) is 14.4 Å². The van der Waals surface area contributed by atoms with Crippen LogP contribution in [0.2, 0.25) is 5.02 Å². The van der Waals surface area contributed by atoms with Crippen LogP contribution in [-0.4, -0.2) is 52.0 Å². The molecule has 0 aliphatic carbocycles. The number of benzene rings is 2. The number of phenols is 1. The number of halogens is 1. The quantitative estimate of drug-likeness (QED) is 0.158. The second kappa shape index (κ2) is 17.5. The number of para-hydroxylation sites is 2. The summed E-state index contributed by atoms with van der Waals surface area (Å²) in [5, 5.41) is 16.6. The number of nitrogens with one attached hydrogen (secondary N) is 2. The number of aryl methyl sites for hydroxylation is 1. The topological polar surface area (TPSA) is 151 Å². The Morgan fingerprint density at radius 1 is 1.00 bits per heavy atom. The molecule has 2 aromatic carbocycles. The van der Waals surface area contributed by atoms with Crippen LogP contribution in [0.25, 0.3) is 0 Å². The second-order valence-electron chi connectivity index (χ2n) is 11.9. The molecule has 0 spiro atoms. The van der Waals surface area contributed by atoms with Crippen LogP contribution in [0.1, 0.15) is 96.2 Å². The van der Waals surface area contributed by atoms with E-state index in [9.17, 15) is 24.3 Å². The third-order valence-electron chi connectivity index (χ3n) is 6.97. The molecule has 5 N–H and O–H groups in total. The fourth-order valence-corrected chi connectivity index (χ4v) is 5.04. The first kappa shape index (κ1) is 36.4. The highest BCUT2D eigenvalue weighted by atomic mass is 35.5. The Morgan fingerprint density at radius 2 is 1.66 bits per heavy atom. The normalized spacial score (nSPS) is 12.6. The largest absolute Gasteiger partial charge is 0.508 e. The first-order chi connectivity index (χ1) is 20.7. The first-order valence-corrected chi connectivity index (χ1v) is 15.5. The van der Waals surface area contributed by atoms with Crippen LogP contribution >= 0.6 is 11.6 Å². The highest BCUT2D eigenvalue weighted by Gasteiger charge is 2.37. The van der Waals surface area contributed by atoms with Gasteiger partial charge in [-0.15, -0.1) is 0 Å². The van der Waals surface area contributed by atoms with Crippen molar-refractivity contribution in [3.63, 3.8) is 0 Å². The van der Waals surface area contributed by atoms with Crippen LogP contribution in [0, 0.1) is 6.92 Å². The molecule has 0 aromatic heterocycles. The van der Waals surface area contributed by atoms with Crippen molar-refractivity contribution >= 4 is 41.1 Å². The molecule has 11 heteroatoms. The summed E-state index contributed by atoms with van der Waals surface area (Å²) < 4.78 is 5.39. The van der Waals surface area contributed by atoms with E-state index in [-0.39, 0.29) is 30.7 Å². The van der Waals surface area contributed by atoms with Gasteiger partial charge in [0.1, 0.15) is 23.4 Å². The smallest absolute Gasteiger partial charge is 0.408 e. The molecule has 0 radical (unpaired) electrons. The zero-order chi connectivity index (χ0) is 32.9. The van der Waals surface area contributed by atoms with Gasteiger partial charge in [0.2, 0.25) is 11.8 Å². The Kier molecular flexibility index (Phi) is 14.5. The van der Waals surface area contributed by atoms with E-state index < -0.39 is 41.5 Å². The number of carbonyl (C=O) groups is 4. The van der Waals surface area contributed by atoms with Gasteiger partial charge in [-0.25, -0.2) is 4.79 Å². The summed E-state index contributed by atoms with van der Waals surface area (Å²) in [5.41, 5.74) is 5.84. The molecule has 0 saturated carbocycles. The lowest BCUT2D eigenvalue weighted by Crippen LogP contribution is -2.53. The number of carbonyl (C=O) groups excluding carboxylic acids is 4. The van der Waals surface area contributed by atoms with Gasteiger partial charge in [0.05, 0.1) is 10.7 Å². The maximum Gasteiger partial charge on any atom is 0.408 e. The van der Waals surface area contributed by atoms with Gasteiger partial charge >= 0.3 is 6.09 Å². The Balaban J connectivity index is 2.58. The number of nitrogens with zero attached hydrogens (tertiary/aromatic N) is 1. The summed E-state index contributed by atoms with van der Waals surface area (Å²) in [6.07, 6.45) is 4.38. The van der Waals surface area contributed by atoms with E-state index in [4.69, 9.17) is 22.1 Å². The molecule has 4 amide bonds. The van der Waals surface area contributed by atoms with E-state index in [1.165, 1.54) is 11.0 Å². The number of phenolic OH excluding ortho intramolecular Hbond substituents is 1. The molecule has 2 rings (SSSR count). The third-order valence-corrected chi connectivity index (χ3v) is 7.28. The maximum absolute atomic E-state index is 14.4. The van der Waals surface area contributed by atoms with Crippen LogP contribution in [-0.2, 0) is 19.1 Å². The van der Waals surface area contributed by atoms with E-state index >= 15 is 0 Å². The molecule has 0 fully saturated rings. The Labute approximate surface area is 265 Å². The molecule has 0 aliphatic heterocycles. The van der Waals surface area contributed by atoms with Crippen molar-refractivity contribution in [1.29, 1.82) is 0 Å². The van der Waals surface area contributed by atoms with Crippen LogP contribution in [0.3, 0.4) is 0 Å². The van der Waals surface area contributed by atoms with Crippen molar-refractivity contribution in [2.45, 2.75) is 104 Å². The molecule has 2 atom stereocenters. The van der Waals surface area contributed by atoms with Gasteiger partial charge in [0, 0.05) is 18.5 Å². The maximum atomic E-state index is 14.4. The molecule has 2 aromatic rings. The number of primary amides is 1. The lowest BCUT2D eigenvalue weighted by atomic mass is 9.99. The van der Waals surface area contributed by atoms with Crippen molar-refractivity contribution in [2.75, 3.05) is 11.9 Å². The zero-order valence-corrected chi connectivity index (χ0v) is 27.2. The average Bonchev–Trinajstić information content (AvgIpc) is 2.93. The molecule has 0 saturated heterocycles. The van der Waals surface area contributed by atoms with E-state index in [2.05, 4.69) is 17.6 Å². The number of alkyl carbamates (subject to hydrolysis) is 1. The molecule has 2 unspecified atom stereocenters. The number of nitrogens with two attached hydrogens (primary N) is 1. The Bertz CT molecular complexity index is 1260. The number of rotatable bonds is 16. The van der Waals surface area contributed by atoms with E-state index in [0.717, 1.165) is 32.1 Å². The van der Waals surface area contributed by atoms with Crippen molar-refractivity contribution in [3.05, 3.63) is 58.6 Å². The minimum atomic E-state index is -1.30. The van der Waals surface area contributed by atoms with Crippen LogP contribution < -0.4 is 16.4 Å². The van der Waals surface area contributed by atoms with E-state index in [1.807, 2.05) is 0 Å². The summed E-state index contributed by atoms with van der Waals surface area (Å²) in [6, 6.07) is 8.94. The number of anilines is 1. The number of ether oxygens (including phenoxy) is 1. The van der Waals surface area contributed by atoms with Crippen molar-refractivity contribution in [1.82, 2.24) is 10.2 Å². The fourth-order valence-electron chi connectivity index (χ4n) is 4.77. The van der Waals surface area contributed by atoms with Crippen molar-refractivity contribution in [3.8, 4) is 5.75 Å². The summed E-state index contributed by atoms with van der Waals surface area (Å²) in [4.78, 5) is 54.3. The number of hydrogen-bond acceptors (Lipinski definition) is 6. The molecule has 0 heterocycles. The molecule has 44 heavy (non-hydrogen) atoms. The number of hydrogen-bond donors (Lipinski definition) is 4. The molecule has 242 valence electrons. The summed E-state index contributed by atoms with van der Waals surface area (Å²) in [6.45, 7) is 9.12. The number of amides is 4. The molecular weight excluding hydrogens is 584 g/mol. The molecule has 10 nitrogen and oxygen atoms in total. The molecule has 0 aliphatic rings. The lowest BCUT2D eigenvalue weighted by molar-refractivity contribution is -0.141. The van der Waals surface area contributed by atoms with E-state index in [0.29, 0.717) is 22.7 Å². The van der Waals surface area contributed by atoms with Gasteiger partial charge in [-0.05, 0) is 58.2 Å². The SMILES string of the molecule is CCCCCCCCN(C(=O)C(CCC(N)=O)NC(=O)OC(C)(C)C)C(C(=O)Nc1c(C)cccc1Cl)c1ccccc1O. The van der Waals surface area contributed by atoms with Crippen molar-refractivity contribution in [2.24, 2.45) is 5.73 Å². The monoisotopic (exact) mass is 630 g/mol. The predicted molar refractivity (Wildman–Crippen MR) is 172 cm³/mol. The van der Waals surface area contributed by atoms with Crippen molar-refractivity contribution < 1.29 is 29.0 Å². The third kappa shape index (κ3) is 11.7. The van der Waals surface area contributed by atoms with Crippen LogP contribution in [0.15, 0.2) is 42.5 Å². The Hall–Kier alpha value is -3.79. The standard InChI is InChI=1S/C33H47ClN4O6/c1-6-7-8-9-10-13-21-38(31(42)25(19-20-27(35)40)36-32(43)44-33(3,4)5)29(23-16-11-12-18-26(23)39)30(41)37-28-22(2)15-14-17-24(28)34/h11-12,14-18,25,29,39H,6-10,13,19-21H2,1-5H3,(H2,35,40)(H,36,43)(H,37,41). The van der Waals surface area contributed by atoms with Gasteiger partial charge in [0.25, 0.3) is 5.91 Å². The summed E-state index contributed by atoms with van der Waals surface area (Å²) >= 11 is 6.42. The average molecular weight is 631 g/mol. The fraction of sp³-hybridized carbons (Fsp3) is 0.515.